The van der Waals surface area contributed by atoms with Gasteiger partial charge in [-0.3, -0.25) is 4.79 Å². The zero-order valence-electron chi connectivity index (χ0n) is 19.5. The minimum Gasteiger partial charge on any atom is -0.495 e. The van der Waals surface area contributed by atoms with Gasteiger partial charge in [0.2, 0.25) is 0 Å². The first-order chi connectivity index (χ1) is 17.2. The summed E-state index contributed by atoms with van der Waals surface area (Å²) in [7, 11) is 1.61. The fourth-order valence-electron chi connectivity index (χ4n) is 4.80. The fraction of sp³-hybridized carbons (Fsp3) is 0.360. The molecule has 190 valence electrons. The molecule has 1 aromatic heterocycles. The summed E-state index contributed by atoms with van der Waals surface area (Å²) in [5.74, 6) is 0.528. The van der Waals surface area contributed by atoms with Gasteiger partial charge in [0.25, 0.3) is 5.91 Å². The lowest BCUT2D eigenvalue weighted by atomic mass is 9.97. The van der Waals surface area contributed by atoms with Crippen LogP contribution in [0.5, 0.6) is 5.75 Å². The number of nitrogens with one attached hydrogen (secondary N) is 1. The number of alkyl halides is 3. The van der Waals surface area contributed by atoms with Gasteiger partial charge in [0, 0.05) is 43.7 Å². The summed E-state index contributed by atoms with van der Waals surface area (Å²) < 4.78 is 48.3. The van der Waals surface area contributed by atoms with Gasteiger partial charge >= 0.3 is 6.18 Å². The minimum atomic E-state index is -4.52. The fourth-order valence-corrected chi connectivity index (χ4v) is 4.92. The number of para-hydroxylation sites is 2. The van der Waals surface area contributed by atoms with Gasteiger partial charge in [-0.25, -0.2) is 4.68 Å². The molecule has 5 rings (SSSR count). The number of fused-ring (bicyclic) bond motifs is 1. The first-order valence-corrected chi connectivity index (χ1v) is 12.0. The molecule has 0 spiro atoms. The Labute approximate surface area is 211 Å². The molecule has 0 bridgehead atoms. The van der Waals surface area contributed by atoms with E-state index in [1.54, 1.807) is 36.3 Å². The van der Waals surface area contributed by atoms with E-state index in [0.29, 0.717) is 36.8 Å². The normalized spacial score (nSPS) is 20.0. The molecule has 1 saturated heterocycles. The van der Waals surface area contributed by atoms with Gasteiger partial charge in [-0.2, -0.15) is 18.3 Å². The number of carbonyl (C=O) groups is 1. The average molecular weight is 520 g/mol. The van der Waals surface area contributed by atoms with Crippen molar-refractivity contribution in [2.24, 2.45) is 0 Å². The maximum atomic E-state index is 14.0. The predicted octanol–water partition coefficient (Wildman–Crippen LogP) is 5.17. The molecule has 36 heavy (non-hydrogen) atoms. The maximum absolute atomic E-state index is 14.0. The smallest absolute Gasteiger partial charge is 0.410 e. The van der Waals surface area contributed by atoms with Gasteiger partial charge in [0.1, 0.15) is 11.6 Å². The third kappa shape index (κ3) is 4.69. The standard InChI is InChI=1S/C25H25ClF3N5O2/c1-36-21-5-3-2-4-20(21)32-10-12-33(13-11-32)24(35)19-15-23-30-18(16-6-8-17(26)9-7-16)14-22(25(27,28)29)34(23)31-19/h2-9,15,18,22,30H,10-14H2,1H3/t18-,22-/m0/s1. The number of nitrogens with zero attached hydrogens (tertiary/aromatic N) is 4. The first-order valence-electron chi connectivity index (χ1n) is 11.6. The molecule has 1 N–H and O–H groups in total. The van der Waals surface area contributed by atoms with Crippen LogP contribution in [-0.4, -0.2) is 60.1 Å². The van der Waals surface area contributed by atoms with Crippen LogP contribution in [0.3, 0.4) is 0 Å². The topological polar surface area (TPSA) is 62.6 Å². The highest BCUT2D eigenvalue weighted by atomic mass is 35.5. The van der Waals surface area contributed by atoms with Crippen molar-refractivity contribution in [1.29, 1.82) is 0 Å². The number of benzene rings is 2. The van der Waals surface area contributed by atoms with Crippen LogP contribution in [0.1, 0.15) is 34.6 Å². The number of methoxy groups -OCH3 is 1. The Bertz CT molecular complexity index is 1240. The Morgan fingerprint density at radius 2 is 1.78 bits per heavy atom. The van der Waals surface area contributed by atoms with Crippen molar-refractivity contribution < 1.29 is 22.7 Å². The molecule has 3 heterocycles. The molecule has 0 radical (unpaired) electrons. The van der Waals surface area contributed by atoms with E-state index in [2.05, 4.69) is 15.3 Å². The molecule has 11 heteroatoms. The molecule has 2 atom stereocenters. The first kappa shape index (κ1) is 24.3. The van der Waals surface area contributed by atoms with E-state index in [4.69, 9.17) is 16.3 Å². The number of hydrogen-bond acceptors (Lipinski definition) is 5. The number of piperazine rings is 1. The molecule has 2 aliphatic rings. The quantitative estimate of drug-likeness (QED) is 0.515. The number of halogens is 4. The lowest BCUT2D eigenvalue weighted by Crippen LogP contribution is -2.49. The summed E-state index contributed by atoms with van der Waals surface area (Å²) >= 11 is 5.94. The highest BCUT2D eigenvalue weighted by Crippen LogP contribution is 2.43. The van der Waals surface area contributed by atoms with E-state index in [9.17, 15) is 18.0 Å². The van der Waals surface area contributed by atoms with Crippen LogP contribution in [0, 0.1) is 0 Å². The van der Waals surface area contributed by atoms with Crippen molar-refractivity contribution >= 4 is 29.0 Å². The zero-order chi connectivity index (χ0) is 25.4. The summed E-state index contributed by atoms with van der Waals surface area (Å²) in [4.78, 5) is 17.0. The Kier molecular flexibility index (Phi) is 6.46. The largest absolute Gasteiger partial charge is 0.495 e. The van der Waals surface area contributed by atoms with E-state index >= 15 is 0 Å². The van der Waals surface area contributed by atoms with Crippen LogP contribution in [-0.2, 0) is 0 Å². The minimum absolute atomic E-state index is 0.00533. The molecule has 0 saturated carbocycles. The van der Waals surface area contributed by atoms with Crippen LogP contribution in [0.25, 0.3) is 0 Å². The summed E-state index contributed by atoms with van der Waals surface area (Å²) in [6.07, 6.45) is -4.76. The SMILES string of the molecule is COc1ccccc1N1CCN(C(=O)c2cc3n(n2)[C@H](C(F)(F)F)C[C@@H](c2ccc(Cl)cc2)N3)CC1. The lowest BCUT2D eigenvalue weighted by Gasteiger charge is -2.36. The molecule has 1 amide bonds. The van der Waals surface area contributed by atoms with E-state index in [0.717, 1.165) is 16.1 Å². The van der Waals surface area contributed by atoms with E-state index in [1.165, 1.54) is 6.07 Å². The van der Waals surface area contributed by atoms with Crippen LogP contribution < -0.4 is 15.0 Å². The molecule has 2 aliphatic heterocycles. The summed E-state index contributed by atoms with van der Waals surface area (Å²) in [5, 5.41) is 7.73. The Morgan fingerprint density at radius 1 is 1.08 bits per heavy atom. The molecule has 0 unspecified atom stereocenters. The Morgan fingerprint density at radius 3 is 2.44 bits per heavy atom. The predicted molar refractivity (Wildman–Crippen MR) is 131 cm³/mol. The molecule has 1 fully saturated rings. The van der Waals surface area contributed by atoms with Crippen LogP contribution >= 0.6 is 11.6 Å². The van der Waals surface area contributed by atoms with E-state index in [-0.39, 0.29) is 23.8 Å². The maximum Gasteiger partial charge on any atom is 0.410 e. The molecule has 3 aromatic rings. The second-order valence-electron chi connectivity index (χ2n) is 8.85. The van der Waals surface area contributed by atoms with Crippen molar-refractivity contribution in [2.45, 2.75) is 24.7 Å². The number of anilines is 2. The van der Waals surface area contributed by atoms with Crippen molar-refractivity contribution in [2.75, 3.05) is 43.5 Å². The number of rotatable bonds is 4. The van der Waals surface area contributed by atoms with E-state index in [1.807, 2.05) is 24.3 Å². The van der Waals surface area contributed by atoms with Crippen LogP contribution in [0.2, 0.25) is 5.02 Å². The molecule has 2 aromatic carbocycles. The second-order valence-corrected chi connectivity index (χ2v) is 9.29. The van der Waals surface area contributed by atoms with Crippen LogP contribution in [0.15, 0.2) is 54.6 Å². The van der Waals surface area contributed by atoms with Crippen LogP contribution in [0.4, 0.5) is 24.7 Å². The Hall–Kier alpha value is -3.40. The monoisotopic (exact) mass is 519 g/mol. The van der Waals surface area contributed by atoms with Gasteiger partial charge in [0.05, 0.1) is 18.8 Å². The molecule has 0 aliphatic carbocycles. The third-order valence-corrected chi connectivity index (χ3v) is 6.93. The van der Waals surface area contributed by atoms with Gasteiger partial charge < -0.3 is 19.9 Å². The van der Waals surface area contributed by atoms with Crippen molar-refractivity contribution in [3.8, 4) is 5.75 Å². The number of ether oxygens (including phenoxy) is 1. The zero-order valence-corrected chi connectivity index (χ0v) is 20.3. The van der Waals surface area contributed by atoms with E-state index < -0.39 is 18.3 Å². The lowest BCUT2D eigenvalue weighted by molar-refractivity contribution is -0.173. The number of aromatic nitrogens is 2. The molecule has 7 nitrogen and oxygen atoms in total. The molecular formula is C25H25ClF3N5O2. The van der Waals surface area contributed by atoms with Crippen molar-refractivity contribution in [1.82, 2.24) is 14.7 Å². The highest BCUT2D eigenvalue weighted by molar-refractivity contribution is 6.30. The van der Waals surface area contributed by atoms with Crippen molar-refractivity contribution in [3.63, 3.8) is 0 Å². The van der Waals surface area contributed by atoms with Crippen molar-refractivity contribution in [3.05, 3.63) is 70.9 Å². The average Bonchev–Trinajstić information content (AvgIpc) is 3.32. The van der Waals surface area contributed by atoms with Gasteiger partial charge in [-0.15, -0.1) is 0 Å². The molecular weight excluding hydrogens is 495 g/mol. The Balaban J connectivity index is 1.34. The highest BCUT2D eigenvalue weighted by Gasteiger charge is 2.47. The third-order valence-electron chi connectivity index (χ3n) is 6.67. The summed E-state index contributed by atoms with van der Waals surface area (Å²) in [6.45, 7) is 1.98. The van der Waals surface area contributed by atoms with Gasteiger partial charge in [0.15, 0.2) is 11.7 Å². The number of amides is 1. The number of hydrogen-bond donors (Lipinski definition) is 1. The summed E-state index contributed by atoms with van der Waals surface area (Å²) in [6, 6.07) is 13.3. The second kappa shape index (κ2) is 9.57. The van der Waals surface area contributed by atoms with Gasteiger partial charge in [-0.1, -0.05) is 35.9 Å². The number of carbonyl (C=O) groups excluding carboxylic acids is 1. The summed E-state index contributed by atoms with van der Waals surface area (Å²) in [5.41, 5.74) is 1.62. The van der Waals surface area contributed by atoms with Gasteiger partial charge in [-0.05, 0) is 29.8 Å².